The summed E-state index contributed by atoms with van der Waals surface area (Å²) in [6.07, 6.45) is 0.671. The standard InChI is InChI=1S/C14H15N5O2S/c1-7-10(8(2)16-13(21)11(7)6-15)4-5-12(20)17-14-19-18-9(3)22-14/h4-5H2,1-3H3,(H,16,21)(H,17,19,20). The number of nitrogens with zero attached hydrogens (tertiary/aromatic N) is 3. The molecule has 2 heterocycles. The molecular formula is C14H15N5O2S. The summed E-state index contributed by atoms with van der Waals surface area (Å²) in [5.41, 5.74) is 1.83. The van der Waals surface area contributed by atoms with Crippen LogP contribution < -0.4 is 10.9 Å². The van der Waals surface area contributed by atoms with E-state index in [0.29, 0.717) is 22.8 Å². The average Bonchev–Trinajstić information content (AvgIpc) is 2.83. The van der Waals surface area contributed by atoms with Crippen molar-refractivity contribution in [2.75, 3.05) is 5.32 Å². The van der Waals surface area contributed by atoms with Crippen LogP contribution in [0, 0.1) is 32.1 Å². The molecule has 0 aliphatic carbocycles. The molecule has 0 atom stereocenters. The van der Waals surface area contributed by atoms with E-state index >= 15 is 0 Å². The van der Waals surface area contributed by atoms with Gasteiger partial charge in [-0.15, -0.1) is 10.2 Å². The predicted octanol–water partition coefficient (Wildman–Crippen LogP) is 1.59. The number of hydrogen-bond donors (Lipinski definition) is 2. The van der Waals surface area contributed by atoms with Gasteiger partial charge in [-0.25, -0.2) is 0 Å². The topological polar surface area (TPSA) is 112 Å². The molecule has 0 saturated heterocycles. The van der Waals surface area contributed by atoms with Crippen LogP contribution in [-0.4, -0.2) is 21.1 Å². The zero-order valence-electron chi connectivity index (χ0n) is 12.5. The molecule has 7 nitrogen and oxygen atoms in total. The number of pyridine rings is 1. The Morgan fingerprint density at radius 1 is 1.36 bits per heavy atom. The van der Waals surface area contributed by atoms with Crippen LogP contribution in [0.2, 0.25) is 0 Å². The number of nitriles is 1. The average molecular weight is 317 g/mol. The molecule has 8 heteroatoms. The van der Waals surface area contributed by atoms with Crippen LogP contribution >= 0.6 is 11.3 Å². The lowest BCUT2D eigenvalue weighted by atomic mass is 9.99. The molecule has 0 bridgehead atoms. The number of aromatic nitrogens is 3. The third-order valence-corrected chi connectivity index (χ3v) is 4.05. The summed E-state index contributed by atoms with van der Waals surface area (Å²) >= 11 is 1.31. The largest absolute Gasteiger partial charge is 0.325 e. The fourth-order valence-electron chi connectivity index (χ4n) is 2.19. The van der Waals surface area contributed by atoms with Gasteiger partial charge in [-0.05, 0) is 38.3 Å². The third kappa shape index (κ3) is 3.38. The fourth-order valence-corrected chi connectivity index (χ4v) is 2.80. The van der Waals surface area contributed by atoms with Gasteiger partial charge in [-0.1, -0.05) is 11.3 Å². The predicted molar refractivity (Wildman–Crippen MR) is 82.8 cm³/mol. The Balaban J connectivity index is 2.10. The second-order valence-corrected chi connectivity index (χ2v) is 6.03. The SMILES string of the molecule is Cc1nnc(NC(=O)CCc2c(C)[nH]c(=O)c(C#N)c2C)s1. The molecule has 2 rings (SSSR count). The molecule has 0 aromatic carbocycles. The molecule has 0 fully saturated rings. The van der Waals surface area contributed by atoms with Crippen molar-refractivity contribution in [1.82, 2.24) is 15.2 Å². The first-order chi connectivity index (χ1) is 10.4. The normalized spacial score (nSPS) is 10.3. The monoisotopic (exact) mass is 317 g/mol. The third-order valence-electron chi connectivity index (χ3n) is 3.29. The van der Waals surface area contributed by atoms with Crippen molar-refractivity contribution in [1.29, 1.82) is 5.26 Å². The van der Waals surface area contributed by atoms with Crippen molar-refractivity contribution >= 4 is 22.4 Å². The number of rotatable bonds is 4. The molecule has 0 spiro atoms. The second-order valence-electron chi connectivity index (χ2n) is 4.84. The minimum absolute atomic E-state index is 0.0979. The van der Waals surface area contributed by atoms with E-state index < -0.39 is 5.56 Å². The molecule has 2 aromatic heterocycles. The van der Waals surface area contributed by atoms with Crippen molar-refractivity contribution in [3.05, 3.63) is 37.7 Å². The fraction of sp³-hybridized carbons (Fsp3) is 0.357. The lowest BCUT2D eigenvalue weighted by molar-refractivity contribution is -0.116. The molecule has 22 heavy (non-hydrogen) atoms. The Bertz CT molecular complexity index is 816. The molecule has 1 amide bonds. The summed E-state index contributed by atoms with van der Waals surface area (Å²) in [4.78, 5) is 26.2. The van der Waals surface area contributed by atoms with Gasteiger partial charge >= 0.3 is 0 Å². The number of carbonyl (C=O) groups is 1. The van der Waals surface area contributed by atoms with E-state index in [2.05, 4.69) is 20.5 Å². The number of hydrogen-bond acceptors (Lipinski definition) is 6. The van der Waals surface area contributed by atoms with E-state index in [1.165, 1.54) is 11.3 Å². The number of amides is 1. The Labute approximate surface area is 131 Å². The maximum atomic E-state index is 11.9. The highest BCUT2D eigenvalue weighted by Gasteiger charge is 2.14. The lowest BCUT2D eigenvalue weighted by Crippen LogP contribution is -2.18. The van der Waals surface area contributed by atoms with Crippen molar-refractivity contribution in [3.63, 3.8) is 0 Å². The number of aromatic amines is 1. The summed E-state index contributed by atoms with van der Waals surface area (Å²) in [6, 6.07) is 1.90. The molecule has 0 radical (unpaired) electrons. The van der Waals surface area contributed by atoms with Crippen molar-refractivity contribution < 1.29 is 4.79 Å². The molecule has 2 N–H and O–H groups in total. The first-order valence-corrected chi connectivity index (χ1v) is 7.46. The van der Waals surface area contributed by atoms with Gasteiger partial charge in [0, 0.05) is 12.1 Å². The lowest BCUT2D eigenvalue weighted by Gasteiger charge is -2.10. The first-order valence-electron chi connectivity index (χ1n) is 6.64. The Hall–Kier alpha value is -2.53. The number of carbonyl (C=O) groups excluding carboxylic acids is 1. The summed E-state index contributed by atoms with van der Waals surface area (Å²) in [5.74, 6) is -0.181. The van der Waals surface area contributed by atoms with Crippen LogP contribution in [0.5, 0.6) is 0 Å². The van der Waals surface area contributed by atoms with E-state index in [1.54, 1.807) is 13.8 Å². The van der Waals surface area contributed by atoms with Crippen LogP contribution in [0.1, 0.15) is 33.8 Å². The quantitative estimate of drug-likeness (QED) is 0.889. The zero-order chi connectivity index (χ0) is 16.3. The van der Waals surface area contributed by atoms with Gasteiger partial charge in [-0.2, -0.15) is 5.26 Å². The van der Waals surface area contributed by atoms with Gasteiger partial charge < -0.3 is 10.3 Å². The van der Waals surface area contributed by atoms with Gasteiger partial charge in [0.15, 0.2) is 0 Å². The van der Waals surface area contributed by atoms with Gasteiger partial charge in [0.05, 0.1) is 0 Å². The minimum atomic E-state index is -0.393. The van der Waals surface area contributed by atoms with E-state index in [1.807, 2.05) is 13.0 Å². The summed E-state index contributed by atoms with van der Waals surface area (Å²) in [5, 5.41) is 20.6. The highest BCUT2D eigenvalue weighted by atomic mass is 32.1. The molecule has 0 aliphatic heterocycles. The number of anilines is 1. The van der Waals surface area contributed by atoms with Crippen LogP contribution in [0.25, 0.3) is 0 Å². The van der Waals surface area contributed by atoms with E-state index in [9.17, 15) is 9.59 Å². The van der Waals surface area contributed by atoms with Crippen LogP contribution in [0.3, 0.4) is 0 Å². The number of nitrogens with one attached hydrogen (secondary N) is 2. The smallest absolute Gasteiger partial charge is 0.266 e. The van der Waals surface area contributed by atoms with Gasteiger partial charge in [0.1, 0.15) is 16.6 Å². The molecule has 2 aromatic rings. The molecular weight excluding hydrogens is 302 g/mol. The molecule has 114 valence electrons. The molecule has 0 aliphatic rings. The number of H-pyrrole nitrogens is 1. The van der Waals surface area contributed by atoms with Gasteiger partial charge in [-0.3, -0.25) is 9.59 Å². The van der Waals surface area contributed by atoms with E-state index in [4.69, 9.17) is 5.26 Å². The first kappa shape index (κ1) is 15.9. The highest BCUT2D eigenvalue weighted by molar-refractivity contribution is 7.15. The second kappa shape index (κ2) is 6.49. The van der Waals surface area contributed by atoms with Crippen molar-refractivity contribution in [2.24, 2.45) is 0 Å². The van der Waals surface area contributed by atoms with E-state index in [0.717, 1.165) is 10.6 Å². The summed E-state index contributed by atoms with van der Waals surface area (Å²) in [6.45, 7) is 5.29. The maximum absolute atomic E-state index is 11.9. The Kier molecular flexibility index (Phi) is 4.68. The van der Waals surface area contributed by atoms with Crippen LogP contribution in [-0.2, 0) is 11.2 Å². The van der Waals surface area contributed by atoms with Crippen molar-refractivity contribution in [3.8, 4) is 6.07 Å². The molecule has 0 saturated carbocycles. The van der Waals surface area contributed by atoms with Gasteiger partial charge in [0.2, 0.25) is 11.0 Å². The highest BCUT2D eigenvalue weighted by Crippen LogP contribution is 2.17. The Morgan fingerprint density at radius 2 is 2.09 bits per heavy atom. The van der Waals surface area contributed by atoms with Crippen molar-refractivity contribution in [2.45, 2.75) is 33.6 Å². The van der Waals surface area contributed by atoms with E-state index in [-0.39, 0.29) is 17.9 Å². The summed E-state index contributed by atoms with van der Waals surface area (Å²) in [7, 11) is 0. The molecule has 0 unspecified atom stereocenters. The van der Waals surface area contributed by atoms with Crippen LogP contribution in [0.15, 0.2) is 4.79 Å². The maximum Gasteiger partial charge on any atom is 0.266 e. The van der Waals surface area contributed by atoms with Gasteiger partial charge in [0.25, 0.3) is 5.56 Å². The number of aryl methyl sites for hydroxylation is 2. The zero-order valence-corrected chi connectivity index (χ0v) is 13.3. The summed E-state index contributed by atoms with van der Waals surface area (Å²) < 4.78 is 0. The van der Waals surface area contributed by atoms with Crippen LogP contribution in [0.4, 0.5) is 5.13 Å². The Morgan fingerprint density at radius 3 is 2.68 bits per heavy atom. The minimum Gasteiger partial charge on any atom is -0.325 e.